The van der Waals surface area contributed by atoms with E-state index < -0.39 is 10.0 Å². The molecule has 3 heterocycles. The van der Waals surface area contributed by atoms with Gasteiger partial charge in [-0.05, 0) is 36.3 Å². The third kappa shape index (κ3) is 3.79. The van der Waals surface area contributed by atoms with Gasteiger partial charge in [0.25, 0.3) is 0 Å². The number of benzene rings is 1. The second-order valence-electron chi connectivity index (χ2n) is 7.18. The predicted molar refractivity (Wildman–Crippen MR) is 113 cm³/mol. The van der Waals surface area contributed by atoms with Gasteiger partial charge in [-0.2, -0.15) is 9.40 Å². The van der Waals surface area contributed by atoms with Gasteiger partial charge in [-0.25, -0.2) is 8.42 Å². The summed E-state index contributed by atoms with van der Waals surface area (Å²) >= 11 is 1.52. The van der Waals surface area contributed by atoms with Crippen LogP contribution < -0.4 is 0 Å². The molecular formula is C21H25N3O2S2. The van der Waals surface area contributed by atoms with Crippen molar-refractivity contribution in [2.75, 3.05) is 6.54 Å². The minimum Gasteiger partial charge on any atom is -0.266 e. The van der Waals surface area contributed by atoms with E-state index in [0.717, 1.165) is 36.1 Å². The van der Waals surface area contributed by atoms with Crippen LogP contribution in [0.15, 0.2) is 58.9 Å². The van der Waals surface area contributed by atoms with Gasteiger partial charge >= 0.3 is 0 Å². The zero-order valence-electron chi connectivity index (χ0n) is 16.0. The molecule has 1 fully saturated rings. The predicted octanol–water partition coefficient (Wildman–Crippen LogP) is 4.61. The summed E-state index contributed by atoms with van der Waals surface area (Å²) < 4.78 is 30.7. The average molecular weight is 416 g/mol. The molecule has 0 spiro atoms. The molecule has 2 aromatic heterocycles. The number of hydrogen-bond acceptors (Lipinski definition) is 4. The van der Waals surface area contributed by atoms with Crippen LogP contribution in [0.2, 0.25) is 0 Å². The van der Waals surface area contributed by atoms with Crippen molar-refractivity contribution in [3.8, 4) is 10.6 Å². The molecule has 0 radical (unpaired) electrons. The number of aromatic nitrogens is 2. The Hall–Kier alpha value is -1.96. The summed E-state index contributed by atoms with van der Waals surface area (Å²) in [6, 6.07) is 13.9. The quantitative estimate of drug-likeness (QED) is 0.591. The molecule has 0 aliphatic carbocycles. The summed E-state index contributed by atoms with van der Waals surface area (Å²) in [4.78, 5) is 1.21. The van der Waals surface area contributed by atoms with Gasteiger partial charge in [-0.1, -0.05) is 49.7 Å². The second-order valence-corrected chi connectivity index (χ2v) is 9.98. The largest absolute Gasteiger partial charge is 0.266 e. The Kier molecular flexibility index (Phi) is 5.66. The number of piperidine rings is 1. The SMILES string of the molecule is CCC1CCCCN1S(=O)(=O)c1cn(Cc2ccccc2)nc1-c1cccs1. The van der Waals surface area contributed by atoms with Crippen LogP contribution in [0.5, 0.6) is 0 Å². The molecule has 7 heteroatoms. The van der Waals surface area contributed by atoms with E-state index in [0.29, 0.717) is 23.7 Å². The Labute approximate surface area is 170 Å². The Morgan fingerprint density at radius 1 is 1.14 bits per heavy atom. The molecule has 1 atom stereocenters. The fourth-order valence-electron chi connectivity index (χ4n) is 3.85. The van der Waals surface area contributed by atoms with Crippen molar-refractivity contribution in [3.63, 3.8) is 0 Å². The third-order valence-corrected chi connectivity index (χ3v) is 8.13. The van der Waals surface area contributed by atoms with Gasteiger partial charge in [0.1, 0.15) is 10.6 Å². The van der Waals surface area contributed by atoms with Crippen molar-refractivity contribution in [1.29, 1.82) is 0 Å². The highest BCUT2D eigenvalue weighted by atomic mass is 32.2. The van der Waals surface area contributed by atoms with Crippen LogP contribution in [-0.4, -0.2) is 35.1 Å². The summed E-state index contributed by atoms with van der Waals surface area (Å²) in [5.41, 5.74) is 1.66. The zero-order chi connectivity index (χ0) is 19.6. The van der Waals surface area contributed by atoms with Crippen molar-refractivity contribution in [1.82, 2.24) is 14.1 Å². The highest BCUT2D eigenvalue weighted by molar-refractivity contribution is 7.89. The highest BCUT2D eigenvalue weighted by Gasteiger charge is 2.35. The smallest absolute Gasteiger partial charge is 0.247 e. The Balaban J connectivity index is 1.76. The lowest BCUT2D eigenvalue weighted by Gasteiger charge is -2.33. The van der Waals surface area contributed by atoms with E-state index in [4.69, 9.17) is 0 Å². The Morgan fingerprint density at radius 3 is 2.68 bits per heavy atom. The number of thiophene rings is 1. The molecule has 3 aromatic rings. The van der Waals surface area contributed by atoms with Crippen molar-refractivity contribution < 1.29 is 8.42 Å². The molecule has 148 valence electrons. The fraction of sp³-hybridized carbons (Fsp3) is 0.381. The van der Waals surface area contributed by atoms with Gasteiger partial charge in [0.05, 0.1) is 11.4 Å². The zero-order valence-corrected chi connectivity index (χ0v) is 17.6. The molecule has 0 amide bonds. The molecule has 1 aliphatic rings. The molecule has 0 bridgehead atoms. The standard InChI is InChI=1S/C21H25N3O2S2/c1-2-18-11-6-7-13-24(18)28(25,26)20-16-23(15-17-9-4-3-5-10-17)22-21(20)19-12-8-14-27-19/h3-5,8-10,12,14,16,18H,2,6-7,11,13,15H2,1H3. The first-order valence-electron chi connectivity index (χ1n) is 9.76. The summed E-state index contributed by atoms with van der Waals surface area (Å²) in [7, 11) is -3.59. The molecule has 0 saturated carbocycles. The van der Waals surface area contributed by atoms with Gasteiger partial charge in [0, 0.05) is 18.8 Å². The lowest BCUT2D eigenvalue weighted by atomic mass is 10.0. The lowest BCUT2D eigenvalue weighted by Crippen LogP contribution is -2.43. The minimum absolute atomic E-state index is 0.0763. The van der Waals surface area contributed by atoms with Crippen molar-refractivity contribution in [3.05, 3.63) is 59.6 Å². The first-order chi connectivity index (χ1) is 13.6. The summed E-state index contributed by atoms with van der Waals surface area (Å²) in [5.74, 6) is 0. The lowest BCUT2D eigenvalue weighted by molar-refractivity contribution is 0.246. The van der Waals surface area contributed by atoms with Crippen LogP contribution in [0.4, 0.5) is 0 Å². The monoisotopic (exact) mass is 415 g/mol. The van der Waals surface area contributed by atoms with Crippen LogP contribution in [0.25, 0.3) is 10.6 Å². The van der Waals surface area contributed by atoms with Crippen LogP contribution in [0.3, 0.4) is 0 Å². The molecule has 1 aliphatic heterocycles. The third-order valence-electron chi connectivity index (χ3n) is 5.30. The molecule has 1 unspecified atom stereocenters. The Morgan fingerprint density at radius 2 is 1.96 bits per heavy atom. The molecule has 1 aromatic carbocycles. The van der Waals surface area contributed by atoms with Crippen molar-refractivity contribution >= 4 is 21.4 Å². The molecule has 4 rings (SSSR count). The van der Waals surface area contributed by atoms with Crippen molar-refractivity contribution in [2.45, 2.75) is 50.1 Å². The van der Waals surface area contributed by atoms with Gasteiger partial charge in [-0.15, -0.1) is 11.3 Å². The first-order valence-corrected chi connectivity index (χ1v) is 12.1. The summed E-state index contributed by atoms with van der Waals surface area (Å²) in [6.07, 6.45) is 5.49. The topological polar surface area (TPSA) is 55.2 Å². The normalized spacial score (nSPS) is 18.4. The van der Waals surface area contributed by atoms with Crippen LogP contribution in [0.1, 0.15) is 38.2 Å². The minimum atomic E-state index is -3.59. The van der Waals surface area contributed by atoms with E-state index in [1.54, 1.807) is 15.2 Å². The van der Waals surface area contributed by atoms with Crippen molar-refractivity contribution in [2.24, 2.45) is 0 Å². The maximum Gasteiger partial charge on any atom is 0.247 e. The van der Waals surface area contributed by atoms with E-state index in [9.17, 15) is 8.42 Å². The number of sulfonamides is 1. The maximum atomic E-state index is 13.6. The average Bonchev–Trinajstić information content (AvgIpc) is 3.39. The highest BCUT2D eigenvalue weighted by Crippen LogP contribution is 2.34. The fourth-order valence-corrected chi connectivity index (χ4v) is 6.56. The van der Waals surface area contributed by atoms with E-state index >= 15 is 0 Å². The Bertz CT molecular complexity index is 1010. The van der Waals surface area contributed by atoms with Crippen LogP contribution in [-0.2, 0) is 16.6 Å². The van der Waals surface area contributed by atoms with Gasteiger partial charge in [0.2, 0.25) is 10.0 Å². The van der Waals surface area contributed by atoms with Gasteiger partial charge < -0.3 is 0 Å². The van der Waals surface area contributed by atoms with Gasteiger partial charge in [-0.3, -0.25) is 4.68 Å². The van der Waals surface area contributed by atoms with E-state index in [1.165, 1.54) is 11.3 Å². The molecule has 0 N–H and O–H groups in total. The second kappa shape index (κ2) is 8.19. The van der Waals surface area contributed by atoms with E-state index in [-0.39, 0.29) is 6.04 Å². The first kappa shape index (κ1) is 19.4. The van der Waals surface area contributed by atoms with E-state index in [1.807, 2.05) is 47.8 Å². The van der Waals surface area contributed by atoms with Gasteiger partial charge in [0.15, 0.2) is 0 Å². The summed E-state index contributed by atoms with van der Waals surface area (Å²) in [6.45, 7) is 3.21. The number of rotatable bonds is 6. The van der Waals surface area contributed by atoms with Crippen LogP contribution >= 0.6 is 11.3 Å². The molecule has 1 saturated heterocycles. The number of hydrogen-bond donors (Lipinski definition) is 0. The molecule has 5 nitrogen and oxygen atoms in total. The molecule has 28 heavy (non-hydrogen) atoms. The van der Waals surface area contributed by atoms with E-state index in [2.05, 4.69) is 12.0 Å². The van der Waals surface area contributed by atoms with Crippen LogP contribution in [0, 0.1) is 0 Å². The maximum absolute atomic E-state index is 13.6. The summed E-state index contributed by atoms with van der Waals surface area (Å²) in [5, 5.41) is 6.64. The number of nitrogens with zero attached hydrogens (tertiary/aromatic N) is 3. The molecular weight excluding hydrogens is 390 g/mol.